The van der Waals surface area contributed by atoms with Crippen LogP contribution in [0.5, 0.6) is 0 Å². The number of aromatic nitrogens is 2. The Bertz CT molecular complexity index is 664. The predicted molar refractivity (Wildman–Crippen MR) is 64.3 cm³/mol. The van der Waals surface area contributed by atoms with Crippen molar-refractivity contribution in [1.82, 2.24) is 9.55 Å². The van der Waals surface area contributed by atoms with Gasteiger partial charge in [-0.2, -0.15) is 13.2 Å². The van der Waals surface area contributed by atoms with Crippen molar-refractivity contribution in [3.8, 4) is 5.69 Å². The van der Waals surface area contributed by atoms with E-state index in [0.717, 1.165) is 4.57 Å². The van der Waals surface area contributed by atoms with Gasteiger partial charge in [0.2, 0.25) is 5.95 Å². The maximum Gasteiger partial charge on any atom is 0.433 e. The summed E-state index contributed by atoms with van der Waals surface area (Å²) in [7, 11) is 0. The van der Waals surface area contributed by atoms with Crippen molar-refractivity contribution < 1.29 is 13.2 Å². The quantitative estimate of drug-likeness (QED) is 0.877. The van der Waals surface area contributed by atoms with Crippen molar-refractivity contribution in [2.24, 2.45) is 0 Å². The first-order valence-electron chi connectivity index (χ1n) is 5.02. The number of halogens is 4. The van der Waals surface area contributed by atoms with Crippen LogP contribution in [0.25, 0.3) is 5.69 Å². The maximum absolute atomic E-state index is 12.5. The lowest BCUT2D eigenvalue weighted by Crippen LogP contribution is -2.25. The van der Waals surface area contributed by atoms with Gasteiger partial charge in [0.15, 0.2) is 5.69 Å². The fourth-order valence-electron chi connectivity index (χ4n) is 1.49. The van der Waals surface area contributed by atoms with Gasteiger partial charge in [0.25, 0.3) is 5.56 Å². The van der Waals surface area contributed by atoms with Gasteiger partial charge in [-0.05, 0) is 24.3 Å². The molecule has 4 nitrogen and oxygen atoms in total. The van der Waals surface area contributed by atoms with Crippen LogP contribution in [-0.2, 0) is 6.18 Å². The second-order valence-electron chi connectivity index (χ2n) is 3.65. The molecule has 0 fully saturated rings. The number of benzene rings is 1. The molecule has 1 aromatic carbocycles. The van der Waals surface area contributed by atoms with Gasteiger partial charge in [-0.3, -0.25) is 4.79 Å². The van der Waals surface area contributed by atoms with Crippen LogP contribution in [0.1, 0.15) is 5.69 Å². The number of anilines is 1. The number of rotatable bonds is 1. The normalized spacial score (nSPS) is 11.6. The van der Waals surface area contributed by atoms with Crippen LogP contribution in [0.2, 0.25) is 5.02 Å². The van der Waals surface area contributed by atoms with Gasteiger partial charge in [0.05, 0.1) is 5.69 Å². The fourth-order valence-corrected chi connectivity index (χ4v) is 1.62. The lowest BCUT2D eigenvalue weighted by atomic mass is 10.3. The third-order valence-corrected chi connectivity index (χ3v) is 2.57. The largest absolute Gasteiger partial charge is 0.433 e. The van der Waals surface area contributed by atoms with E-state index in [9.17, 15) is 18.0 Å². The van der Waals surface area contributed by atoms with Gasteiger partial charge in [-0.25, -0.2) is 9.55 Å². The molecule has 8 heteroatoms. The Hall–Kier alpha value is -2.02. The third-order valence-electron chi connectivity index (χ3n) is 2.32. The van der Waals surface area contributed by atoms with E-state index in [1.54, 1.807) is 0 Å². The summed E-state index contributed by atoms with van der Waals surface area (Å²) in [5.74, 6) is -0.540. The highest BCUT2D eigenvalue weighted by Crippen LogP contribution is 2.27. The molecule has 0 aliphatic rings. The minimum Gasteiger partial charge on any atom is -0.369 e. The van der Waals surface area contributed by atoms with Crippen LogP contribution in [0.15, 0.2) is 35.1 Å². The molecule has 0 spiro atoms. The summed E-state index contributed by atoms with van der Waals surface area (Å²) in [6.45, 7) is 0. The van der Waals surface area contributed by atoms with Gasteiger partial charge in [-0.1, -0.05) is 11.6 Å². The van der Waals surface area contributed by atoms with Gasteiger partial charge in [0, 0.05) is 11.1 Å². The van der Waals surface area contributed by atoms with E-state index >= 15 is 0 Å². The number of nitrogens with zero attached hydrogens (tertiary/aromatic N) is 2. The molecule has 19 heavy (non-hydrogen) atoms. The standard InChI is InChI=1S/C11H7ClF3N3O/c12-6-1-3-7(4-2-6)18-9(19)5-8(11(13,14)15)17-10(18)16/h1-5H,(H2,16,17). The molecule has 2 N–H and O–H groups in total. The van der Waals surface area contributed by atoms with Gasteiger partial charge < -0.3 is 5.73 Å². The molecule has 0 unspecified atom stereocenters. The van der Waals surface area contributed by atoms with E-state index in [1.807, 2.05) is 0 Å². The second-order valence-corrected chi connectivity index (χ2v) is 4.08. The highest BCUT2D eigenvalue weighted by Gasteiger charge is 2.34. The van der Waals surface area contributed by atoms with Crippen molar-refractivity contribution in [1.29, 1.82) is 0 Å². The van der Waals surface area contributed by atoms with Crippen LogP contribution < -0.4 is 11.3 Å². The minimum atomic E-state index is -4.72. The minimum absolute atomic E-state index is 0.285. The first-order valence-corrected chi connectivity index (χ1v) is 5.39. The average Bonchev–Trinajstić information content (AvgIpc) is 2.29. The Labute approximate surface area is 110 Å². The van der Waals surface area contributed by atoms with E-state index in [-0.39, 0.29) is 5.69 Å². The predicted octanol–water partition coefficient (Wildman–Crippen LogP) is 2.49. The molecule has 1 heterocycles. The van der Waals surface area contributed by atoms with Crippen molar-refractivity contribution in [3.05, 3.63) is 51.4 Å². The molecule has 2 aromatic rings. The van der Waals surface area contributed by atoms with E-state index in [1.165, 1.54) is 24.3 Å². The Kier molecular flexibility index (Phi) is 3.23. The summed E-state index contributed by atoms with van der Waals surface area (Å²) < 4.78 is 38.2. The van der Waals surface area contributed by atoms with E-state index in [2.05, 4.69) is 4.98 Å². The molecule has 0 saturated heterocycles. The monoisotopic (exact) mass is 289 g/mol. The van der Waals surface area contributed by atoms with Gasteiger partial charge >= 0.3 is 6.18 Å². The highest BCUT2D eigenvalue weighted by molar-refractivity contribution is 6.30. The molecular formula is C11H7ClF3N3O. The zero-order valence-electron chi connectivity index (χ0n) is 9.28. The van der Waals surface area contributed by atoms with Gasteiger partial charge in [-0.15, -0.1) is 0 Å². The summed E-state index contributed by atoms with van der Waals surface area (Å²) in [4.78, 5) is 14.9. The van der Waals surface area contributed by atoms with Crippen molar-refractivity contribution in [2.75, 3.05) is 5.73 Å². The molecule has 0 aliphatic heterocycles. The lowest BCUT2D eigenvalue weighted by molar-refractivity contribution is -0.141. The summed E-state index contributed by atoms with van der Waals surface area (Å²) in [6, 6.07) is 6.27. The van der Waals surface area contributed by atoms with Gasteiger partial charge in [0.1, 0.15) is 0 Å². The Morgan fingerprint density at radius 1 is 1.21 bits per heavy atom. The molecule has 0 bridgehead atoms. The maximum atomic E-state index is 12.5. The Balaban J connectivity index is 2.60. The number of alkyl halides is 3. The molecule has 0 amide bonds. The smallest absolute Gasteiger partial charge is 0.369 e. The number of nitrogen functional groups attached to an aromatic ring is 1. The number of nitrogens with two attached hydrogens (primary N) is 1. The Morgan fingerprint density at radius 3 is 2.26 bits per heavy atom. The summed E-state index contributed by atoms with van der Waals surface area (Å²) in [5, 5.41) is 0.426. The zero-order chi connectivity index (χ0) is 14.2. The molecular weight excluding hydrogens is 283 g/mol. The summed E-state index contributed by atoms with van der Waals surface area (Å²) >= 11 is 5.68. The summed E-state index contributed by atoms with van der Waals surface area (Å²) in [6.07, 6.45) is -4.72. The van der Waals surface area contributed by atoms with Crippen LogP contribution >= 0.6 is 11.6 Å². The van der Waals surface area contributed by atoms with E-state index < -0.39 is 23.4 Å². The van der Waals surface area contributed by atoms with Crippen LogP contribution in [-0.4, -0.2) is 9.55 Å². The first kappa shape index (κ1) is 13.4. The number of hydrogen-bond donors (Lipinski definition) is 1. The first-order chi connectivity index (χ1) is 8.79. The molecule has 0 aliphatic carbocycles. The molecule has 100 valence electrons. The van der Waals surface area contributed by atoms with E-state index in [0.29, 0.717) is 11.1 Å². The van der Waals surface area contributed by atoms with Crippen molar-refractivity contribution >= 4 is 17.5 Å². The van der Waals surface area contributed by atoms with E-state index in [4.69, 9.17) is 17.3 Å². The summed E-state index contributed by atoms with van der Waals surface area (Å²) in [5.41, 5.74) is 3.46. The zero-order valence-corrected chi connectivity index (χ0v) is 10.0. The molecule has 1 aromatic heterocycles. The average molecular weight is 290 g/mol. The van der Waals surface area contributed by atoms with Crippen LogP contribution in [0.3, 0.4) is 0 Å². The van der Waals surface area contributed by atoms with Crippen LogP contribution in [0, 0.1) is 0 Å². The van der Waals surface area contributed by atoms with Crippen molar-refractivity contribution in [3.63, 3.8) is 0 Å². The molecule has 0 radical (unpaired) electrons. The molecule has 0 saturated carbocycles. The Morgan fingerprint density at radius 2 is 1.79 bits per heavy atom. The molecule has 2 rings (SSSR count). The lowest BCUT2D eigenvalue weighted by Gasteiger charge is -2.11. The highest BCUT2D eigenvalue weighted by atomic mass is 35.5. The number of hydrogen-bond acceptors (Lipinski definition) is 3. The topological polar surface area (TPSA) is 60.9 Å². The molecule has 0 atom stereocenters. The third kappa shape index (κ3) is 2.70. The SMILES string of the molecule is Nc1nc(C(F)(F)F)cc(=O)n1-c1ccc(Cl)cc1. The second kappa shape index (κ2) is 4.58. The van der Waals surface area contributed by atoms with Crippen LogP contribution in [0.4, 0.5) is 19.1 Å². The van der Waals surface area contributed by atoms with Crippen molar-refractivity contribution in [2.45, 2.75) is 6.18 Å². The fraction of sp³-hybridized carbons (Fsp3) is 0.0909.